The molecule has 100 valence electrons. The van der Waals surface area contributed by atoms with Crippen molar-refractivity contribution in [3.8, 4) is 0 Å². The first-order chi connectivity index (χ1) is 9.65. The monoisotopic (exact) mass is 270 g/mol. The maximum Gasteiger partial charge on any atom is 0.294 e. The van der Waals surface area contributed by atoms with Crippen molar-refractivity contribution in [2.75, 3.05) is 11.9 Å². The number of furan rings is 1. The second-order valence-corrected chi connectivity index (χ2v) is 4.34. The summed E-state index contributed by atoms with van der Waals surface area (Å²) < 4.78 is 18.5. The Labute approximate surface area is 114 Å². The minimum atomic E-state index is -0.399. The van der Waals surface area contributed by atoms with E-state index in [2.05, 4.69) is 4.98 Å². The number of hydrogen-bond acceptors (Lipinski definition) is 3. The van der Waals surface area contributed by atoms with E-state index >= 15 is 0 Å². The molecule has 0 unspecified atom stereocenters. The summed E-state index contributed by atoms with van der Waals surface area (Å²) in [5.41, 5.74) is 0.350. The molecule has 0 bridgehead atoms. The maximum atomic E-state index is 13.1. The van der Waals surface area contributed by atoms with Crippen LogP contribution in [0.15, 0.2) is 53.1 Å². The van der Waals surface area contributed by atoms with Gasteiger partial charge in [-0.2, -0.15) is 0 Å². The second kappa shape index (κ2) is 4.77. The van der Waals surface area contributed by atoms with Crippen LogP contribution in [0.3, 0.4) is 0 Å². The van der Waals surface area contributed by atoms with E-state index in [-0.39, 0.29) is 11.7 Å². The van der Waals surface area contributed by atoms with Crippen LogP contribution in [-0.4, -0.2) is 17.9 Å². The molecule has 0 fully saturated rings. The van der Waals surface area contributed by atoms with Crippen LogP contribution in [0.25, 0.3) is 11.0 Å². The Hall–Kier alpha value is -2.69. The molecular weight excluding hydrogens is 259 g/mol. The minimum Gasteiger partial charge on any atom is -0.451 e. The maximum absolute atomic E-state index is 13.1. The number of aromatic nitrogens is 1. The lowest BCUT2D eigenvalue weighted by molar-refractivity contribution is 0.0968. The van der Waals surface area contributed by atoms with E-state index in [0.717, 1.165) is 0 Å². The molecule has 4 nitrogen and oxygen atoms in total. The molecule has 2 aromatic heterocycles. The Bertz CT molecular complexity index is 768. The summed E-state index contributed by atoms with van der Waals surface area (Å²) in [5.74, 6) is -0.0628. The van der Waals surface area contributed by atoms with Gasteiger partial charge in [-0.3, -0.25) is 9.69 Å². The first-order valence-electron chi connectivity index (χ1n) is 6.03. The lowest BCUT2D eigenvalue weighted by Gasteiger charge is -2.13. The first kappa shape index (κ1) is 12.3. The van der Waals surface area contributed by atoms with Crippen LogP contribution in [0.5, 0.6) is 0 Å². The summed E-state index contributed by atoms with van der Waals surface area (Å²) >= 11 is 0. The van der Waals surface area contributed by atoms with E-state index in [1.54, 1.807) is 43.6 Å². The topological polar surface area (TPSA) is 46.3 Å². The van der Waals surface area contributed by atoms with Crippen molar-refractivity contribution >= 4 is 22.7 Å². The van der Waals surface area contributed by atoms with Gasteiger partial charge >= 0.3 is 0 Å². The fourth-order valence-corrected chi connectivity index (χ4v) is 1.93. The number of rotatable bonds is 2. The van der Waals surface area contributed by atoms with Gasteiger partial charge in [-0.05, 0) is 30.3 Å². The molecule has 2 heterocycles. The largest absolute Gasteiger partial charge is 0.451 e. The van der Waals surface area contributed by atoms with Crippen LogP contribution >= 0.6 is 0 Å². The van der Waals surface area contributed by atoms with Crippen molar-refractivity contribution in [1.82, 2.24) is 4.98 Å². The van der Waals surface area contributed by atoms with Crippen molar-refractivity contribution < 1.29 is 13.6 Å². The SMILES string of the molecule is CN(C(=O)c1cc2ccc(F)cc2o1)c1ccccn1. The van der Waals surface area contributed by atoms with Crippen molar-refractivity contribution in [2.24, 2.45) is 0 Å². The zero-order chi connectivity index (χ0) is 14.1. The van der Waals surface area contributed by atoms with Gasteiger partial charge in [0, 0.05) is 24.7 Å². The standard InChI is InChI=1S/C15H11FN2O2/c1-18(14-4-2-3-7-17-14)15(19)13-8-10-5-6-11(16)9-12(10)20-13/h2-9H,1H3. The first-order valence-corrected chi connectivity index (χ1v) is 6.03. The molecule has 0 atom stereocenters. The predicted octanol–water partition coefficient (Wildman–Crippen LogP) is 3.24. The Morgan fingerprint density at radius 3 is 2.85 bits per heavy atom. The summed E-state index contributed by atoms with van der Waals surface area (Å²) in [6.45, 7) is 0. The molecule has 0 aliphatic heterocycles. The summed E-state index contributed by atoms with van der Waals surface area (Å²) in [4.78, 5) is 17.8. The summed E-state index contributed by atoms with van der Waals surface area (Å²) in [6, 6.07) is 11.0. The van der Waals surface area contributed by atoms with E-state index in [9.17, 15) is 9.18 Å². The highest BCUT2D eigenvalue weighted by molar-refractivity contribution is 6.05. The highest BCUT2D eigenvalue weighted by atomic mass is 19.1. The summed E-state index contributed by atoms with van der Waals surface area (Å²) in [7, 11) is 1.61. The number of carbonyl (C=O) groups is 1. The molecular formula is C15H11FN2O2. The lowest BCUT2D eigenvalue weighted by Crippen LogP contribution is -2.26. The average Bonchev–Trinajstić information content (AvgIpc) is 2.89. The van der Waals surface area contributed by atoms with Crippen molar-refractivity contribution in [3.63, 3.8) is 0 Å². The number of anilines is 1. The molecule has 0 saturated carbocycles. The number of pyridine rings is 1. The van der Waals surface area contributed by atoms with Gasteiger partial charge < -0.3 is 4.42 Å². The van der Waals surface area contributed by atoms with E-state index in [1.165, 1.54) is 17.0 Å². The minimum absolute atomic E-state index is 0.152. The van der Waals surface area contributed by atoms with E-state index in [1.807, 2.05) is 0 Å². The van der Waals surface area contributed by atoms with Gasteiger partial charge in [0.1, 0.15) is 17.2 Å². The Morgan fingerprint density at radius 1 is 1.25 bits per heavy atom. The number of amides is 1. The lowest BCUT2D eigenvalue weighted by atomic mass is 10.2. The molecule has 0 saturated heterocycles. The highest BCUT2D eigenvalue weighted by Gasteiger charge is 2.18. The third-order valence-corrected chi connectivity index (χ3v) is 2.99. The van der Waals surface area contributed by atoms with Crippen molar-refractivity contribution in [2.45, 2.75) is 0 Å². The molecule has 0 N–H and O–H groups in total. The van der Waals surface area contributed by atoms with Crippen LogP contribution < -0.4 is 4.90 Å². The fraction of sp³-hybridized carbons (Fsp3) is 0.0667. The molecule has 0 aliphatic carbocycles. The molecule has 5 heteroatoms. The van der Waals surface area contributed by atoms with Crippen LogP contribution in [-0.2, 0) is 0 Å². The Morgan fingerprint density at radius 2 is 2.10 bits per heavy atom. The smallest absolute Gasteiger partial charge is 0.294 e. The molecule has 1 amide bonds. The number of hydrogen-bond donors (Lipinski definition) is 0. The zero-order valence-corrected chi connectivity index (χ0v) is 10.7. The van der Waals surface area contributed by atoms with E-state index in [4.69, 9.17) is 4.42 Å². The van der Waals surface area contributed by atoms with Crippen LogP contribution in [0.4, 0.5) is 10.2 Å². The normalized spacial score (nSPS) is 10.7. The van der Waals surface area contributed by atoms with Gasteiger partial charge in [-0.1, -0.05) is 6.07 Å². The fourth-order valence-electron chi connectivity index (χ4n) is 1.93. The molecule has 0 spiro atoms. The number of halogens is 1. The van der Waals surface area contributed by atoms with Gasteiger partial charge in [0.15, 0.2) is 5.76 Å². The van der Waals surface area contributed by atoms with Crippen LogP contribution in [0.2, 0.25) is 0 Å². The Balaban J connectivity index is 1.96. The molecule has 0 aliphatic rings. The second-order valence-electron chi connectivity index (χ2n) is 4.34. The number of nitrogens with zero attached hydrogens (tertiary/aromatic N) is 2. The Kier molecular flexibility index (Phi) is 2.95. The molecule has 1 aromatic carbocycles. The highest BCUT2D eigenvalue weighted by Crippen LogP contribution is 2.22. The molecule has 0 radical (unpaired) electrons. The number of benzene rings is 1. The summed E-state index contributed by atoms with van der Waals surface area (Å²) in [5, 5.41) is 0.684. The average molecular weight is 270 g/mol. The van der Waals surface area contributed by atoms with Crippen LogP contribution in [0, 0.1) is 5.82 Å². The predicted molar refractivity (Wildman–Crippen MR) is 73.1 cm³/mol. The van der Waals surface area contributed by atoms with E-state index < -0.39 is 5.82 Å². The van der Waals surface area contributed by atoms with Crippen molar-refractivity contribution in [3.05, 3.63) is 60.2 Å². The number of carbonyl (C=O) groups excluding carboxylic acids is 1. The zero-order valence-electron chi connectivity index (χ0n) is 10.7. The van der Waals surface area contributed by atoms with Crippen molar-refractivity contribution in [1.29, 1.82) is 0 Å². The van der Waals surface area contributed by atoms with Gasteiger partial charge in [0.25, 0.3) is 5.91 Å². The van der Waals surface area contributed by atoms with Gasteiger partial charge in [0.05, 0.1) is 0 Å². The van der Waals surface area contributed by atoms with Gasteiger partial charge in [0.2, 0.25) is 0 Å². The third-order valence-electron chi connectivity index (χ3n) is 2.99. The molecule has 20 heavy (non-hydrogen) atoms. The van der Waals surface area contributed by atoms with Crippen LogP contribution in [0.1, 0.15) is 10.6 Å². The van der Waals surface area contributed by atoms with E-state index in [0.29, 0.717) is 16.8 Å². The third kappa shape index (κ3) is 2.14. The number of fused-ring (bicyclic) bond motifs is 1. The van der Waals surface area contributed by atoms with Gasteiger partial charge in [-0.15, -0.1) is 0 Å². The quantitative estimate of drug-likeness (QED) is 0.718. The summed E-state index contributed by atoms with van der Waals surface area (Å²) in [6.07, 6.45) is 1.60. The van der Waals surface area contributed by atoms with Gasteiger partial charge in [-0.25, -0.2) is 9.37 Å². The molecule has 3 aromatic rings. The molecule has 3 rings (SSSR count).